The van der Waals surface area contributed by atoms with Gasteiger partial charge in [-0.05, 0) is 11.6 Å². The van der Waals surface area contributed by atoms with Crippen molar-refractivity contribution in [3.8, 4) is 0 Å². The molecule has 0 saturated carbocycles. The number of nitrogens with zero attached hydrogens (tertiary/aromatic N) is 1. The molecule has 1 aliphatic rings. The van der Waals surface area contributed by atoms with Crippen LogP contribution in [0.4, 0.5) is 5.69 Å². The Balaban J connectivity index is 2.48. The van der Waals surface area contributed by atoms with E-state index in [0.717, 1.165) is 11.3 Å². The maximum atomic E-state index is 11.2. The molecule has 0 N–H and O–H groups in total. The predicted octanol–water partition coefficient (Wildman–Crippen LogP) is 0.775. The molecule has 0 aliphatic carbocycles. The summed E-state index contributed by atoms with van der Waals surface area (Å²) in [6.45, 7) is 0.209. The summed E-state index contributed by atoms with van der Waals surface area (Å²) in [6.07, 6.45) is 1.15. The zero-order valence-electron chi connectivity index (χ0n) is 7.06. The van der Waals surface area contributed by atoms with E-state index in [9.17, 15) is 9.59 Å². The molecule has 3 nitrogen and oxygen atoms in total. The van der Waals surface area contributed by atoms with Crippen LogP contribution in [0.2, 0.25) is 0 Å². The number of Topliss-reactive ketones (excluding diaryl/α,β-unsaturated/α-hetero) is 1. The smallest absolute Gasteiger partial charge is 0.214 e. The molecule has 66 valence electrons. The van der Waals surface area contributed by atoms with Gasteiger partial charge in [-0.3, -0.25) is 9.59 Å². The molecule has 0 atom stereocenters. The van der Waals surface area contributed by atoms with Gasteiger partial charge >= 0.3 is 0 Å². The average Bonchev–Trinajstić information content (AvgIpc) is 2.16. The fraction of sp³-hybridized carbons (Fsp3) is 0.200. The van der Waals surface area contributed by atoms with Gasteiger partial charge in [0.25, 0.3) is 0 Å². The minimum absolute atomic E-state index is 0.0887. The third kappa shape index (κ3) is 1.33. The van der Waals surface area contributed by atoms with Crippen LogP contribution in [0, 0.1) is 0 Å². The largest absolute Gasteiger partial charge is 0.307 e. The highest BCUT2D eigenvalue weighted by Crippen LogP contribution is 2.23. The average molecular weight is 175 g/mol. The van der Waals surface area contributed by atoms with E-state index in [1.165, 1.54) is 4.90 Å². The Bertz CT molecular complexity index is 360. The molecule has 0 fully saturated rings. The van der Waals surface area contributed by atoms with E-state index in [0.29, 0.717) is 12.8 Å². The van der Waals surface area contributed by atoms with Crippen molar-refractivity contribution < 1.29 is 9.59 Å². The van der Waals surface area contributed by atoms with Crippen LogP contribution in [0.5, 0.6) is 0 Å². The molecule has 1 aromatic rings. The second-order valence-corrected chi connectivity index (χ2v) is 3.08. The summed E-state index contributed by atoms with van der Waals surface area (Å²) in [4.78, 5) is 23.3. The molecule has 0 unspecified atom stereocenters. The van der Waals surface area contributed by atoms with Gasteiger partial charge < -0.3 is 4.90 Å². The van der Waals surface area contributed by atoms with Gasteiger partial charge in [0, 0.05) is 12.1 Å². The molecule has 0 spiro atoms. The van der Waals surface area contributed by atoms with E-state index in [4.69, 9.17) is 0 Å². The first kappa shape index (κ1) is 7.98. The summed E-state index contributed by atoms with van der Waals surface area (Å²) in [5.41, 5.74) is 1.79. The molecule has 1 heterocycles. The van der Waals surface area contributed by atoms with Crippen LogP contribution < -0.4 is 4.90 Å². The number of fused-ring (bicyclic) bond motifs is 1. The van der Waals surface area contributed by atoms with E-state index in [1.54, 1.807) is 0 Å². The van der Waals surface area contributed by atoms with Crippen molar-refractivity contribution >= 4 is 17.9 Å². The van der Waals surface area contributed by atoms with Crippen LogP contribution in [0.3, 0.4) is 0 Å². The highest BCUT2D eigenvalue weighted by Gasteiger charge is 2.20. The van der Waals surface area contributed by atoms with Crippen molar-refractivity contribution in [2.75, 3.05) is 11.4 Å². The lowest BCUT2D eigenvalue weighted by atomic mass is 10.0. The Morgan fingerprint density at radius 3 is 2.85 bits per heavy atom. The van der Waals surface area contributed by atoms with E-state index >= 15 is 0 Å². The number of hydrogen-bond acceptors (Lipinski definition) is 2. The fourth-order valence-electron chi connectivity index (χ4n) is 1.58. The number of carbonyl (C=O) groups excluding carboxylic acids is 2. The molecule has 13 heavy (non-hydrogen) atoms. The highest BCUT2D eigenvalue weighted by atomic mass is 16.1. The number of anilines is 1. The highest BCUT2D eigenvalue weighted by molar-refractivity contribution is 5.96. The van der Waals surface area contributed by atoms with Crippen molar-refractivity contribution in [1.82, 2.24) is 0 Å². The zero-order chi connectivity index (χ0) is 9.26. The Hall–Kier alpha value is -1.64. The summed E-state index contributed by atoms with van der Waals surface area (Å²) < 4.78 is 0. The monoisotopic (exact) mass is 175 g/mol. The summed E-state index contributed by atoms with van der Waals surface area (Å²) in [6, 6.07) is 7.48. The second kappa shape index (κ2) is 3.01. The van der Waals surface area contributed by atoms with Crippen molar-refractivity contribution in [3.63, 3.8) is 0 Å². The summed E-state index contributed by atoms with van der Waals surface area (Å²) in [5, 5.41) is 0. The SMILES string of the molecule is O=CN1CC(=O)Cc2ccccc21. The zero-order valence-corrected chi connectivity index (χ0v) is 7.06. The molecular weight excluding hydrogens is 166 g/mol. The fourth-order valence-corrected chi connectivity index (χ4v) is 1.58. The molecule has 1 amide bonds. The molecule has 1 aliphatic heterocycles. The van der Waals surface area contributed by atoms with Crippen molar-refractivity contribution in [1.29, 1.82) is 0 Å². The van der Waals surface area contributed by atoms with Gasteiger partial charge in [0.2, 0.25) is 6.41 Å². The molecule has 0 aromatic heterocycles. The molecule has 0 saturated heterocycles. The van der Waals surface area contributed by atoms with Crippen LogP contribution in [0.25, 0.3) is 0 Å². The first-order valence-electron chi connectivity index (χ1n) is 4.13. The topological polar surface area (TPSA) is 37.4 Å². The third-order valence-electron chi connectivity index (χ3n) is 2.16. The molecule has 0 bridgehead atoms. The molecule has 2 rings (SSSR count). The van der Waals surface area contributed by atoms with Gasteiger partial charge in [-0.2, -0.15) is 0 Å². The first-order chi connectivity index (χ1) is 6.31. The number of benzene rings is 1. The van der Waals surface area contributed by atoms with Crippen molar-refractivity contribution in [2.45, 2.75) is 6.42 Å². The Labute approximate surface area is 76.0 Å². The molecular formula is C10H9NO2. The third-order valence-corrected chi connectivity index (χ3v) is 2.16. The van der Waals surface area contributed by atoms with E-state index in [1.807, 2.05) is 24.3 Å². The van der Waals surface area contributed by atoms with Gasteiger partial charge in [0.15, 0.2) is 5.78 Å². The standard InChI is InChI=1S/C10H9NO2/c12-7-11-6-9(13)5-8-3-1-2-4-10(8)11/h1-4,7H,5-6H2. The minimum Gasteiger partial charge on any atom is -0.307 e. The van der Waals surface area contributed by atoms with Crippen LogP contribution in [-0.2, 0) is 16.0 Å². The second-order valence-electron chi connectivity index (χ2n) is 3.08. The molecule has 1 aromatic carbocycles. The number of ketones is 1. The number of hydrogen-bond donors (Lipinski definition) is 0. The van der Waals surface area contributed by atoms with Gasteiger partial charge in [-0.1, -0.05) is 18.2 Å². The number of carbonyl (C=O) groups is 2. The quantitative estimate of drug-likeness (QED) is 0.591. The Morgan fingerprint density at radius 1 is 1.31 bits per heavy atom. The maximum Gasteiger partial charge on any atom is 0.214 e. The lowest BCUT2D eigenvalue weighted by Gasteiger charge is -2.24. The van der Waals surface area contributed by atoms with E-state index < -0.39 is 0 Å². The van der Waals surface area contributed by atoms with Crippen molar-refractivity contribution in [2.24, 2.45) is 0 Å². The van der Waals surface area contributed by atoms with Gasteiger partial charge in [0.1, 0.15) is 0 Å². The summed E-state index contributed by atoms with van der Waals surface area (Å²) >= 11 is 0. The predicted molar refractivity (Wildman–Crippen MR) is 48.6 cm³/mol. The van der Waals surface area contributed by atoms with Crippen LogP contribution in [-0.4, -0.2) is 18.7 Å². The minimum atomic E-state index is 0.0887. The Kier molecular flexibility index (Phi) is 1.85. The van der Waals surface area contributed by atoms with Gasteiger partial charge in [-0.15, -0.1) is 0 Å². The first-order valence-corrected chi connectivity index (χ1v) is 4.13. The number of rotatable bonds is 1. The van der Waals surface area contributed by atoms with Crippen molar-refractivity contribution in [3.05, 3.63) is 29.8 Å². The maximum absolute atomic E-state index is 11.2. The van der Waals surface area contributed by atoms with Crippen LogP contribution in [0.15, 0.2) is 24.3 Å². The lowest BCUT2D eigenvalue weighted by Crippen LogP contribution is -2.34. The van der Waals surface area contributed by atoms with Crippen LogP contribution >= 0.6 is 0 Å². The van der Waals surface area contributed by atoms with Crippen LogP contribution in [0.1, 0.15) is 5.56 Å². The van der Waals surface area contributed by atoms with E-state index in [2.05, 4.69) is 0 Å². The summed E-state index contributed by atoms with van der Waals surface area (Å²) in [5.74, 6) is 0.0887. The summed E-state index contributed by atoms with van der Waals surface area (Å²) in [7, 11) is 0. The number of para-hydroxylation sites is 1. The normalized spacial score (nSPS) is 15.4. The molecule has 3 heteroatoms. The Morgan fingerprint density at radius 2 is 2.08 bits per heavy atom. The molecule has 0 radical (unpaired) electrons. The van der Waals surface area contributed by atoms with Gasteiger partial charge in [0.05, 0.1) is 6.54 Å². The van der Waals surface area contributed by atoms with Gasteiger partial charge in [-0.25, -0.2) is 0 Å². The number of amides is 1. The van der Waals surface area contributed by atoms with E-state index in [-0.39, 0.29) is 12.3 Å². The lowest BCUT2D eigenvalue weighted by molar-refractivity contribution is -0.119.